The molecule has 3 aromatic carbocycles. The maximum absolute atomic E-state index is 9.31. The summed E-state index contributed by atoms with van der Waals surface area (Å²) >= 11 is 0. The molecule has 34 heavy (non-hydrogen) atoms. The number of benzene rings is 3. The summed E-state index contributed by atoms with van der Waals surface area (Å²) in [6.07, 6.45) is 1.21. The third kappa shape index (κ3) is 3.27. The quantitative estimate of drug-likeness (QED) is 0.624. The third-order valence-electron chi connectivity index (χ3n) is 6.84. The first-order valence-electron chi connectivity index (χ1n) is 11.4. The fourth-order valence-electron chi connectivity index (χ4n) is 5.19. The van der Waals surface area contributed by atoms with E-state index < -0.39 is 5.72 Å². The van der Waals surface area contributed by atoms with Crippen LogP contribution in [0.15, 0.2) is 71.7 Å². The predicted molar refractivity (Wildman–Crippen MR) is 127 cm³/mol. The lowest BCUT2D eigenvalue weighted by molar-refractivity contribution is -0.192. The molecule has 0 fully saturated rings. The van der Waals surface area contributed by atoms with Crippen molar-refractivity contribution in [3.8, 4) is 28.7 Å². The standard InChI is InChI=1S/C27H24N4O3/c1-31-26(29)30-27(34-31)15-25(21-11-12-32-23-8-3-2-7-20(21)23)33-24-10-9-19(14-22(24)27)18-6-4-5-17(13-18)16-28/h2-10,13-14,21,25H,11-12,15H2,1H3,(H2,29,30). The smallest absolute Gasteiger partial charge is 0.221 e. The minimum atomic E-state index is -0.979. The van der Waals surface area contributed by atoms with Crippen LogP contribution < -0.4 is 15.2 Å². The number of nitrogens with two attached hydrogens (primary N) is 1. The number of nitrogens with zero attached hydrogens (tertiary/aromatic N) is 3. The Balaban J connectivity index is 1.44. The van der Waals surface area contributed by atoms with Gasteiger partial charge in [0.2, 0.25) is 11.7 Å². The Morgan fingerprint density at radius 1 is 1.06 bits per heavy atom. The van der Waals surface area contributed by atoms with Crippen molar-refractivity contribution in [2.75, 3.05) is 13.7 Å². The van der Waals surface area contributed by atoms with Crippen LogP contribution in [0.1, 0.15) is 35.4 Å². The van der Waals surface area contributed by atoms with Gasteiger partial charge in [-0.2, -0.15) is 5.26 Å². The Kier molecular flexibility index (Phi) is 4.71. The minimum Gasteiger partial charge on any atom is -0.493 e. The Bertz CT molecular complexity index is 1350. The van der Waals surface area contributed by atoms with Crippen molar-refractivity contribution in [1.29, 1.82) is 5.26 Å². The summed E-state index contributed by atoms with van der Waals surface area (Å²) in [5.74, 6) is 2.11. The summed E-state index contributed by atoms with van der Waals surface area (Å²) in [5, 5.41) is 10.8. The fraction of sp³-hybridized carbons (Fsp3) is 0.259. The van der Waals surface area contributed by atoms with Crippen LogP contribution in [-0.2, 0) is 10.6 Å². The van der Waals surface area contributed by atoms with Gasteiger partial charge in [0, 0.05) is 24.9 Å². The number of ether oxygens (including phenoxy) is 2. The largest absolute Gasteiger partial charge is 0.493 e. The fourth-order valence-corrected chi connectivity index (χ4v) is 5.19. The minimum absolute atomic E-state index is 0.146. The molecule has 0 saturated carbocycles. The lowest BCUT2D eigenvalue weighted by Crippen LogP contribution is -2.42. The first-order chi connectivity index (χ1) is 16.6. The van der Waals surface area contributed by atoms with Crippen LogP contribution in [0.25, 0.3) is 11.1 Å². The third-order valence-corrected chi connectivity index (χ3v) is 6.84. The summed E-state index contributed by atoms with van der Waals surface area (Å²) in [6, 6.07) is 23.9. The number of hydrogen-bond acceptors (Lipinski definition) is 7. The average molecular weight is 453 g/mol. The topological polar surface area (TPSA) is 93.1 Å². The summed E-state index contributed by atoms with van der Waals surface area (Å²) in [6.45, 7) is 0.641. The molecule has 3 aliphatic rings. The van der Waals surface area contributed by atoms with Gasteiger partial charge in [0.25, 0.3) is 0 Å². The molecule has 7 heteroatoms. The number of hydrogen-bond donors (Lipinski definition) is 1. The van der Waals surface area contributed by atoms with Crippen LogP contribution in [-0.4, -0.2) is 30.8 Å². The molecular formula is C27H24N4O3. The van der Waals surface area contributed by atoms with Crippen LogP contribution in [0.4, 0.5) is 0 Å². The molecule has 1 spiro atoms. The second kappa shape index (κ2) is 7.79. The molecule has 3 atom stereocenters. The predicted octanol–water partition coefficient (Wildman–Crippen LogP) is 4.29. The van der Waals surface area contributed by atoms with E-state index in [-0.39, 0.29) is 12.0 Å². The first kappa shape index (κ1) is 20.6. The SMILES string of the molecule is CN1OC2(CC(C3CCOc4ccccc43)Oc3ccc(-c4cccc(C#N)c4)cc32)N=C1N. The molecule has 7 nitrogen and oxygen atoms in total. The van der Waals surface area contributed by atoms with Gasteiger partial charge in [0.1, 0.15) is 17.6 Å². The molecule has 0 radical (unpaired) electrons. The van der Waals surface area contributed by atoms with Gasteiger partial charge in [0.05, 0.1) is 23.8 Å². The van der Waals surface area contributed by atoms with E-state index in [9.17, 15) is 5.26 Å². The van der Waals surface area contributed by atoms with Crippen molar-refractivity contribution in [3.05, 3.63) is 83.4 Å². The van der Waals surface area contributed by atoms with E-state index in [4.69, 9.17) is 25.0 Å². The molecule has 0 saturated heterocycles. The summed E-state index contributed by atoms with van der Waals surface area (Å²) in [7, 11) is 1.77. The van der Waals surface area contributed by atoms with Crippen molar-refractivity contribution in [1.82, 2.24) is 5.06 Å². The zero-order valence-corrected chi connectivity index (χ0v) is 18.8. The molecule has 2 N–H and O–H groups in total. The lowest BCUT2D eigenvalue weighted by Gasteiger charge is -2.41. The summed E-state index contributed by atoms with van der Waals surface area (Å²) in [4.78, 5) is 11.1. The Labute approximate surface area is 197 Å². The highest BCUT2D eigenvalue weighted by Gasteiger charge is 2.51. The van der Waals surface area contributed by atoms with Crippen LogP contribution in [0.5, 0.6) is 11.5 Å². The van der Waals surface area contributed by atoms with E-state index >= 15 is 0 Å². The monoisotopic (exact) mass is 452 g/mol. The van der Waals surface area contributed by atoms with Crippen molar-refractivity contribution < 1.29 is 14.3 Å². The molecule has 3 aromatic rings. The van der Waals surface area contributed by atoms with Gasteiger partial charge in [0.15, 0.2) is 0 Å². The number of fused-ring (bicyclic) bond motifs is 3. The maximum atomic E-state index is 9.31. The van der Waals surface area contributed by atoms with E-state index in [0.717, 1.165) is 40.2 Å². The maximum Gasteiger partial charge on any atom is 0.221 e. The molecule has 6 rings (SSSR count). The molecule has 3 unspecified atom stereocenters. The average Bonchev–Trinajstić information content (AvgIpc) is 3.16. The van der Waals surface area contributed by atoms with E-state index in [2.05, 4.69) is 12.1 Å². The zero-order valence-electron chi connectivity index (χ0n) is 18.8. The molecule has 0 bridgehead atoms. The highest BCUT2D eigenvalue weighted by atomic mass is 16.7. The Morgan fingerprint density at radius 2 is 1.91 bits per heavy atom. The number of guanidine groups is 1. The Hall–Kier alpha value is -4.02. The van der Waals surface area contributed by atoms with Gasteiger partial charge in [-0.1, -0.05) is 36.4 Å². The van der Waals surface area contributed by atoms with Crippen LogP contribution in [0.3, 0.4) is 0 Å². The second-order valence-electron chi connectivity index (χ2n) is 8.89. The van der Waals surface area contributed by atoms with Crippen LogP contribution in [0.2, 0.25) is 0 Å². The summed E-state index contributed by atoms with van der Waals surface area (Å²) in [5.41, 5.74) is 9.69. The van der Waals surface area contributed by atoms with Crippen molar-refractivity contribution in [3.63, 3.8) is 0 Å². The van der Waals surface area contributed by atoms with Gasteiger partial charge < -0.3 is 15.2 Å². The molecule has 0 aromatic heterocycles. The van der Waals surface area contributed by atoms with Gasteiger partial charge in [-0.25, -0.2) is 14.9 Å². The normalized spacial score (nSPS) is 24.9. The van der Waals surface area contributed by atoms with Crippen LogP contribution >= 0.6 is 0 Å². The van der Waals surface area contributed by atoms with E-state index in [1.54, 1.807) is 13.1 Å². The number of aliphatic imine (C=N–C) groups is 1. The highest BCUT2D eigenvalue weighted by Crippen LogP contribution is 2.51. The number of hydroxylamine groups is 2. The zero-order chi connectivity index (χ0) is 23.3. The van der Waals surface area contributed by atoms with Gasteiger partial charge in [-0.05, 0) is 47.9 Å². The summed E-state index contributed by atoms with van der Waals surface area (Å²) < 4.78 is 12.5. The van der Waals surface area contributed by atoms with Gasteiger partial charge in [-0.15, -0.1) is 0 Å². The molecular weight excluding hydrogens is 428 g/mol. The lowest BCUT2D eigenvalue weighted by atomic mass is 9.81. The van der Waals surface area contributed by atoms with Crippen molar-refractivity contribution in [2.24, 2.45) is 10.7 Å². The molecule has 3 aliphatic heterocycles. The van der Waals surface area contributed by atoms with E-state index in [1.807, 2.05) is 54.6 Å². The van der Waals surface area contributed by atoms with Gasteiger partial charge in [-0.3, -0.25) is 0 Å². The molecule has 0 amide bonds. The van der Waals surface area contributed by atoms with Crippen molar-refractivity contribution >= 4 is 5.96 Å². The number of nitriles is 1. The van der Waals surface area contributed by atoms with E-state index in [0.29, 0.717) is 24.6 Å². The second-order valence-corrected chi connectivity index (χ2v) is 8.89. The van der Waals surface area contributed by atoms with E-state index in [1.165, 1.54) is 5.06 Å². The van der Waals surface area contributed by atoms with Crippen molar-refractivity contribution in [2.45, 2.75) is 30.6 Å². The molecule has 3 heterocycles. The first-order valence-corrected chi connectivity index (χ1v) is 11.4. The highest BCUT2D eigenvalue weighted by molar-refractivity contribution is 5.79. The molecule has 0 aliphatic carbocycles. The van der Waals surface area contributed by atoms with Gasteiger partial charge >= 0.3 is 0 Å². The Morgan fingerprint density at radius 3 is 2.74 bits per heavy atom. The number of rotatable bonds is 2. The molecule has 170 valence electrons. The number of para-hydroxylation sites is 1. The van der Waals surface area contributed by atoms with Crippen LogP contribution in [0, 0.1) is 11.3 Å².